The molecule has 0 spiro atoms. The summed E-state index contributed by atoms with van der Waals surface area (Å²) in [5.41, 5.74) is 3.34. The van der Waals surface area contributed by atoms with E-state index in [0.717, 1.165) is 23.2 Å². The number of ether oxygens (including phenoxy) is 1. The van der Waals surface area contributed by atoms with Crippen molar-refractivity contribution in [2.45, 2.75) is 25.7 Å². The van der Waals surface area contributed by atoms with Gasteiger partial charge >= 0.3 is 0 Å². The number of nitrogens with one attached hydrogen (secondary N) is 1. The number of pyridine rings is 1. The highest BCUT2D eigenvalue weighted by Crippen LogP contribution is 2.29. The summed E-state index contributed by atoms with van der Waals surface area (Å²) in [6.07, 6.45) is 0. The third-order valence-electron chi connectivity index (χ3n) is 3.86. The fourth-order valence-electron chi connectivity index (χ4n) is 2.43. The number of anilines is 1. The van der Waals surface area contributed by atoms with Crippen LogP contribution in [0.1, 0.15) is 25.1 Å². The molecule has 0 bridgehead atoms. The summed E-state index contributed by atoms with van der Waals surface area (Å²) in [7, 11) is 1.54. The van der Waals surface area contributed by atoms with Crippen molar-refractivity contribution in [3.8, 4) is 23.1 Å². The lowest BCUT2D eigenvalue weighted by Crippen LogP contribution is -1.94. The molecular formula is C22H21ClFN3OS. The van der Waals surface area contributed by atoms with E-state index in [1.165, 1.54) is 6.07 Å². The third-order valence-corrected chi connectivity index (χ3v) is 5.03. The van der Waals surface area contributed by atoms with Gasteiger partial charge in [0.2, 0.25) is 0 Å². The zero-order valence-corrected chi connectivity index (χ0v) is 18.2. The molecule has 4 nitrogen and oxygen atoms in total. The van der Waals surface area contributed by atoms with E-state index >= 15 is 0 Å². The first-order valence-electron chi connectivity index (χ1n) is 8.96. The number of methoxy groups -OCH3 is 1. The van der Waals surface area contributed by atoms with E-state index in [4.69, 9.17) is 21.6 Å². The molecule has 1 heterocycles. The first-order chi connectivity index (χ1) is 14.0. The zero-order valence-electron chi connectivity index (χ0n) is 16.6. The first-order valence-corrected chi connectivity index (χ1v) is 10.2. The maximum atomic E-state index is 13.9. The number of rotatable bonds is 5. The number of benzene rings is 2. The molecule has 3 rings (SSSR count). The van der Waals surface area contributed by atoms with Crippen LogP contribution in [0.15, 0.2) is 53.4 Å². The Labute approximate surface area is 179 Å². The van der Waals surface area contributed by atoms with Crippen molar-refractivity contribution in [1.82, 2.24) is 4.98 Å². The second-order valence-corrected chi connectivity index (χ2v) is 6.89. The van der Waals surface area contributed by atoms with Gasteiger partial charge in [0.05, 0.1) is 34.0 Å². The number of halogens is 2. The number of nitrogens with zero attached hydrogens (tertiary/aromatic N) is 2. The smallest absolute Gasteiger partial charge is 0.138 e. The van der Waals surface area contributed by atoms with Crippen molar-refractivity contribution in [3.63, 3.8) is 0 Å². The van der Waals surface area contributed by atoms with E-state index in [1.807, 2.05) is 44.2 Å². The second kappa shape index (κ2) is 10.7. The van der Waals surface area contributed by atoms with Crippen molar-refractivity contribution in [1.29, 1.82) is 5.26 Å². The largest absolute Gasteiger partial charge is 0.497 e. The van der Waals surface area contributed by atoms with Gasteiger partial charge in [-0.3, -0.25) is 4.98 Å². The van der Waals surface area contributed by atoms with Crippen LogP contribution in [0, 0.1) is 24.1 Å². The molecule has 7 heteroatoms. The van der Waals surface area contributed by atoms with Gasteiger partial charge in [-0.05, 0) is 55.3 Å². The topological polar surface area (TPSA) is 57.9 Å². The molecule has 1 N–H and O–H groups in total. The Morgan fingerprint density at radius 2 is 1.83 bits per heavy atom. The average Bonchev–Trinajstić information content (AvgIpc) is 2.75. The van der Waals surface area contributed by atoms with Crippen LogP contribution < -0.4 is 9.46 Å². The lowest BCUT2D eigenvalue weighted by Gasteiger charge is -2.09. The quantitative estimate of drug-likeness (QED) is 0.448. The molecule has 0 radical (unpaired) electrons. The van der Waals surface area contributed by atoms with Gasteiger partial charge in [-0.25, -0.2) is 4.39 Å². The molecule has 0 unspecified atom stereocenters. The molecule has 3 aromatic rings. The van der Waals surface area contributed by atoms with E-state index in [-0.39, 0.29) is 5.82 Å². The standard InChI is InChI=1S/C20H15ClFN3OS.C2H6/c1-12-16(11-23)17(21)10-19(24-12)13-3-5-14(6-4-13)25-27-20-9-15(26-2)7-8-18(20)22;1-2/h3-10,25H,1-2H3;1-2H3. The Hall–Kier alpha value is -2.75. The lowest BCUT2D eigenvalue weighted by molar-refractivity contribution is 0.411. The summed E-state index contributed by atoms with van der Waals surface area (Å²) in [6, 6.07) is 15.8. The third kappa shape index (κ3) is 5.63. The van der Waals surface area contributed by atoms with Crippen molar-refractivity contribution in [3.05, 3.63) is 70.6 Å². The van der Waals surface area contributed by atoms with Gasteiger partial charge < -0.3 is 9.46 Å². The Kier molecular flexibility index (Phi) is 8.32. The maximum absolute atomic E-state index is 13.9. The van der Waals surface area contributed by atoms with E-state index in [2.05, 4.69) is 9.71 Å². The molecule has 0 aliphatic rings. The highest BCUT2D eigenvalue weighted by molar-refractivity contribution is 8.00. The van der Waals surface area contributed by atoms with Crippen LogP contribution in [0.4, 0.5) is 10.1 Å². The Morgan fingerprint density at radius 3 is 2.41 bits per heavy atom. The average molecular weight is 430 g/mol. The van der Waals surface area contributed by atoms with Gasteiger partial charge in [0.1, 0.15) is 17.6 Å². The van der Waals surface area contributed by atoms with Gasteiger partial charge in [-0.2, -0.15) is 5.26 Å². The van der Waals surface area contributed by atoms with Gasteiger partial charge in [0.15, 0.2) is 0 Å². The van der Waals surface area contributed by atoms with Gasteiger partial charge in [-0.15, -0.1) is 0 Å². The van der Waals surface area contributed by atoms with Crippen LogP contribution in [0.2, 0.25) is 5.02 Å². The van der Waals surface area contributed by atoms with E-state index in [1.54, 1.807) is 32.2 Å². The normalized spacial score (nSPS) is 9.83. The molecule has 0 amide bonds. The summed E-state index contributed by atoms with van der Waals surface area (Å²) in [6.45, 7) is 5.75. The summed E-state index contributed by atoms with van der Waals surface area (Å²) in [5, 5.41) is 9.46. The SMILES string of the molecule is CC.COc1ccc(F)c(SNc2ccc(-c3cc(Cl)c(C#N)c(C)n3)cc2)c1. The molecule has 0 saturated carbocycles. The predicted molar refractivity (Wildman–Crippen MR) is 118 cm³/mol. The number of aromatic nitrogens is 1. The van der Waals surface area contributed by atoms with Crippen LogP contribution in [0.5, 0.6) is 5.75 Å². The zero-order chi connectivity index (χ0) is 21.4. The Morgan fingerprint density at radius 1 is 1.14 bits per heavy atom. The summed E-state index contributed by atoms with van der Waals surface area (Å²) in [4.78, 5) is 4.87. The van der Waals surface area contributed by atoms with E-state index < -0.39 is 0 Å². The first kappa shape index (κ1) is 22.5. The fourth-order valence-corrected chi connectivity index (χ4v) is 3.41. The van der Waals surface area contributed by atoms with E-state index in [0.29, 0.717) is 32.6 Å². The van der Waals surface area contributed by atoms with Crippen LogP contribution >= 0.6 is 23.5 Å². The van der Waals surface area contributed by atoms with Gasteiger partial charge in [0.25, 0.3) is 0 Å². The maximum Gasteiger partial charge on any atom is 0.138 e. The van der Waals surface area contributed by atoms with E-state index in [9.17, 15) is 4.39 Å². The predicted octanol–water partition coefficient (Wildman–Crippen LogP) is 6.88. The molecule has 150 valence electrons. The monoisotopic (exact) mass is 429 g/mol. The number of hydrogen-bond acceptors (Lipinski definition) is 5. The van der Waals surface area contributed by atoms with Crippen molar-refractivity contribution >= 4 is 29.2 Å². The fraction of sp³-hybridized carbons (Fsp3) is 0.182. The minimum Gasteiger partial charge on any atom is -0.497 e. The van der Waals surface area contributed by atoms with Crippen molar-refractivity contribution < 1.29 is 9.13 Å². The molecule has 0 aliphatic carbocycles. The number of aryl methyl sites for hydroxylation is 1. The Balaban J connectivity index is 0.00000145. The molecular weight excluding hydrogens is 409 g/mol. The summed E-state index contributed by atoms with van der Waals surface area (Å²) < 4.78 is 22.1. The van der Waals surface area contributed by atoms with Crippen LogP contribution in [-0.2, 0) is 0 Å². The molecule has 0 fully saturated rings. The Bertz CT molecular complexity index is 997. The minimum absolute atomic E-state index is 0.322. The highest BCUT2D eigenvalue weighted by atomic mass is 35.5. The van der Waals surface area contributed by atoms with Crippen LogP contribution in [0.25, 0.3) is 11.3 Å². The molecule has 2 aromatic carbocycles. The highest BCUT2D eigenvalue weighted by Gasteiger charge is 2.10. The molecule has 1 aromatic heterocycles. The number of hydrogen-bond donors (Lipinski definition) is 1. The lowest BCUT2D eigenvalue weighted by atomic mass is 10.1. The number of nitriles is 1. The molecule has 0 atom stereocenters. The second-order valence-electron chi connectivity index (χ2n) is 5.64. The molecule has 29 heavy (non-hydrogen) atoms. The van der Waals surface area contributed by atoms with Crippen molar-refractivity contribution in [2.75, 3.05) is 11.8 Å². The van der Waals surface area contributed by atoms with Crippen LogP contribution in [-0.4, -0.2) is 12.1 Å². The van der Waals surface area contributed by atoms with Gasteiger partial charge in [0, 0.05) is 11.3 Å². The minimum atomic E-state index is -0.322. The molecule has 0 aliphatic heterocycles. The van der Waals surface area contributed by atoms with Gasteiger partial charge in [-0.1, -0.05) is 37.6 Å². The molecule has 0 saturated heterocycles. The van der Waals surface area contributed by atoms with Crippen molar-refractivity contribution in [2.24, 2.45) is 0 Å². The summed E-state index contributed by atoms with van der Waals surface area (Å²) >= 11 is 7.31. The van der Waals surface area contributed by atoms with Crippen LogP contribution in [0.3, 0.4) is 0 Å². The summed E-state index contributed by atoms with van der Waals surface area (Å²) in [5.74, 6) is 0.270.